The van der Waals surface area contributed by atoms with Crippen LogP contribution in [0.15, 0.2) is 24.3 Å². The molecule has 0 heterocycles. The molecule has 0 atom stereocenters. The second-order valence-corrected chi connectivity index (χ2v) is 5.52. The van der Waals surface area contributed by atoms with Gasteiger partial charge in [0, 0.05) is 13.1 Å². The third kappa shape index (κ3) is 4.32. The molecule has 17 heavy (non-hydrogen) atoms. The highest BCUT2D eigenvalue weighted by atomic mass is 32.2. The van der Waals surface area contributed by atoms with E-state index in [-0.39, 0.29) is 18.9 Å². The van der Waals surface area contributed by atoms with Crippen molar-refractivity contribution in [3.05, 3.63) is 30.1 Å². The molecular weight excluding hydrogens is 245 g/mol. The van der Waals surface area contributed by atoms with E-state index in [1.54, 1.807) is 19.1 Å². The lowest BCUT2D eigenvalue weighted by molar-refractivity contribution is 0.266. The Morgan fingerprint density at radius 1 is 1.35 bits per heavy atom. The first kappa shape index (κ1) is 13.9. The quantitative estimate of drug-likeness (QED) is 0.779. The molecule has 0 aliphatic carbocycles. The highest BCUT2D eigenvalue weighted by Gasteiger charge is 2.14. The van der Waals surface area contributed by atoms with Crippen molar-refractivity contribution >= 4 is 10.0 Å². The van der Waals surface area contributed by atoms with Crippen LogP contribution in [0.3, 0.4) is 0 Å². The smallest absolute Gasteiger partial charge is 0.211 e. The predicted octanol–water partition coefficient (Wildman–Crippen LogP) is 1.49. The molecule has 0 aliphatic heterocycles. The van der Waals surface area contributed by atoms with Crippen molar-refractivity contribution in [2.45, 2.75) is 6.92 Å². The highest BCUT2D eigenvalue weighted by molar-refractivity contribution is 7.88. The number of para-hydroxylation sites is 1. The molecule has 0 saturated heterocycles. The standard InChI is InChI=1S/C11H16FNO3S/c1-3-13(17(2,14)15)8-9-16-11-7-5-4-6-10(11)12/h4-7H,3,8-9H2,1-2H3. The fourth-order valence-corrected chi connectivity index (χ4v) is 2.25. The van der Waals surface area contributed by atoms with Gasteiger partial charge in [-0.05, 0) is 12.1 Å². The Hall–Kier alpha value is -1.14. The summed E-state index contributed by atoms with van der Waals surface area (Å²) in [5.41, 5.74) is 0. The minimum absolute atomic E-state index is 0.127. The maximum Gasteiger partial charge on any atom is 0.211 e. The normalized spacial score (nSPS) is 11.8. The van der Waals surface area contributed by atoms with Crippen LogP contribution in [-0.4, -0.2) is 38.7 Å². The van der Waals surface area contributed by atoms with Gasteiger partial charge in [0.15, 0.2) is 11.6 Å². The number of likely N-dealkylation sites (N-methyl/N-ethyl adjacent to an activating group) is 1. The number of nitrogens with zero attached hydrogens (tertiary/aromatic N) is 1. The fourth-order valence-electron chi connectivity index (χ4n) is 1.38. The van der Waals surface area contributed by atoms with Crippen molar-refractivity contribution in [1.29, 1.82) is 0 Å². The third-order valence-electron chi connectivity index (χ3n) is 2.26. The van der Waals surface area contributed by atoms with Crippen molar-refractivity contribution in [3.8, 4) is 5.75 Å². The zero-order valence-electron chi connectivity index (χ0n) is 9.89. The summed E-state index contributed by atoms with van der Waals surface area (Å²) in [5.74, 6) is -0.313. The van der Waals surface area contributed by atoms with Gasteiger partial charge in [0.25, 0.3) is 0 Å². The van der Waals surface area contributed by atoms with E-state index >= 15 is 0 Å². The lowest BCUT2D eigenvalue weighted by atomic mass is 10.3. The minimum atomic E-state index is -3.22. The predicted molar refractivity (Wildman–Crippen MR) is 64.0 cm³/mol. The van der Waals surface area contributed by atoms with Crippen LogP contribution in [0.2, 0.25) is 0 Å². The summed E-state index contributed by atoms with van der Waals surface area (Å²) in [4.78, 5) is 0. The SMILES string of the molecule is CCN(CCOc1ccccc1F)S(C)(=O)=O. The summed E-state index contributed by atoms with van der Waals surface area (Å²) in [5, 5.41) is 0. The third-order valence-corrected chi connectivity index (χ3v) is 3.64. The topological polar surface area (TPSA) is 46.6 Å². The van der Waals surface area contributed by atoms with E-state index in [4.69, 9.17) is 4.74 Å². The van der Waals surface area contributed by atoms with Crippen molar-refractivity contribution in [2.75, 3.05) is 26.0 Å². The monoisotopic (exact) mass is 261 g/mol. The molecule has 0 N–H and O–H groups in total. The lowest BCUT2D eigenvalue weighted by Crippen LogP contribution is -2.33. The second kappa shape index (κ2) is 5.97. The average molecular weight is 261 g/mol. The Morgan fingerprint density at radius 2 is 2.00 bits per heavy atom. The van der Waals surface area contributed by atoms with Crippen molar-refractivity contribution in [3.63, 3.8) is 0 Å². The van der Waals surface area contributed by atoms with Gasteiger partial charge in [0.1, 0.15) is 6.61 Å². The number of benzene rings is 1. The number of ether oxygens (including phenoxy) is 1. The van der Waals surface area contributed by atoms with Crippen LogP contribution >= 0.6 is 0 Å². The molecule has 96 valence electrons. The molecule has 0 radical (unpaired) electrons. The number of sulfonamides is 1. The maximum atomic E-state index is 13.2. The Bertz CT molecular complexity index is 462. The van der Waals surface area contributed by atoms with Gasteiger partial charge in [0.2, 0.25) is 10.0 Å². The Kier molecular flexibility index (Phi) is 4.89. The van der Waals surface area contributed by atoms with Crippen LogP contribution < -0.4 is 4.74 Å². The van der Waals surface area contributed by atoms with Crippen LogP contribution in [0.4, 0.5) is 4.39 Å². The van der Waals surface area contributed by atoms with E-state index in [0.717, 1.165) is 6.26 Å². The summed E-state index contributed by atoms with van der Waals surface area (Å²) in [7, 11) is -3.22. The van der Waals surface area contributed by atoms with E-state index in [1.165, 1.54) is 16.4 Å². The first-order chi connectivity index (χ1) is 7.95. The van der Waals surface area contributed by atoms with Crippen LogP contribution in [0, 0.1) is 5.82 Å². The van der Waals surface area contributed by atoms with Crippen LogP contribution in [0.5, 0.6) is 5.75 Å². The molecule has 0 bridgehead atoms. The minimum Gasteiger partial charge on any atom is -0.489 e. The molecule has 0 amide bonds. The van der Waals surface area contributed by atoms with Gasteiger partial charge in [0.05, 0.1) is 6.26 Å². The first-order valence-electron chi connectivity index (χ1n) is 5.27. The van der Waals surface area contributed by atoms with E-state index < -0.39 is 15.8 Å². The molecule has 1 rings (SSSR count). The van der Waals surface area contributed by atoms with Crippen LogP contribution in [-0.2, 0) is 10.0 Å². The van der Waals surface area contributed by atoms with Gasteiger partial charge in [-0.15, -0.1) is 0 Å². The van der Waals surface area contributed by atoms with E-state index in [0.29, 0.717) is 6.54 Å². The summed E-state index contributed by atoms with van der Waals surface area (Å²) in [6.07, 6.45) is 1.14. The molecular formula is C11H16FNO3S. The Labute approximate surface area is 101 Å². The molecule has 0 saturated carbocycles. The van der Waals surface area contributed by atoms with Crippen molar-refractivity contribution < 1.29 is 17.5 Å². The number of halogens is 1. The zero-order chi connectivity index (χ0) is 12.9. The lowest BCUT2D eigenvalue weighted by Gasteiger charge is -2.17. The van der Waals surface area contributed by atoms with Gasteiger partial charge in [-0.3, -0.25) is 0 Å². The molecule has 0 spiro atoms. The van der Waals surface area contributed by atoms with Crippen LogP contribution in [0.1, 0.15) is 6.92 Å². The van der Waals surface area contributed by atoms with E-state index in [1.807, 2.05) is 0 Å². The second-order valence-electron chi connectivity index (χ2n) is 3.53. The van der Waals surface area contributed by atoms with Crippen molar-refractivity contribution in [1.82, 2.24) is 4.31 Å². The molecule has 4 nitrogen and oxygen atoms in total. The molecule has 0 unspecified atom stereocenters. The van der Waals surface area contributed by atoms with Gasteiger partial charge in [-0.2, -0.15) is 4.31 Å². The largest absolute Gasteiger partial charge is 0.489 e. The van der Waals surface area contributed by atoms with Gasteiger partial charge < -0.3 is 4.74 Å². The van der Waals surface area contributed by atoms with Gasteiger partial charge in [-0.1, -0.05) is 19.1 Å². The van der Waals surface area contributed by atoms with E-state index in [9.17, 15) is 12.8 Å². The molecule has 0 aliphatic rings. The fraction of sp³-hybridized carbons (Fsp3) is 0.455. The summed E-state index contributed by atoms with van der Waals surface area (Å²) >= 11 is 0. The summed E-state index contributed by atoms with van der Waals surface area (Å²) in [6, 6.07) is 6.03. The average Bonchev–Trinajstić information content (AvgIpc) is 2.25. The highest BCUT2D eigenvalue weighted by Crippen LogP contribution is 2.15. The number of hydrogen-bond acceptors (Lipinski definition) is 3. The summed E-state index contributed by atoms with van der Waals surface area (Å²) < 4.78 is 42.2. The Balaban J connectivity index is 2.50. The van der Waals surface area contributed by atoms with Crippen LogP contribution in [0.25, 0.3) is 0 Å². The maximum absolute atomic E-state index is 13.2. The number of hydrogen-bond donors (Lipinski definition) is 0. The number of rotatable bonds is 6. The van der Waals surface area contributed by atoms with Crippen molar-refractivity contribution in [2.24, 2.45) is 0 Å². The molecule has 0 aromatic heterocycles. The first-order valence-corrected chi connectivity index (χ1v) is 7.12. The van der Waals surface area contributed by atoms with E-state index in [2.05, 4.69) is 0 Å². The van der Waals surface area contributed by atoms with Gasteiger partial charge >= 0.3 is 0 Å². The molecule has 1 aromatic carbocycles. The molecule has 6 heteroatoms. The molecule has 1 aromatic rings. The summed E-state index contributed by atoms with van der Waals surface area (Å²) in [6.45, 7) is 2.45. The zero-order valence-corrected chi connectivity index (χ0v) is 10.7. The Morgan fingerprint density at radius 3 is 2.53 bits per heavy atom. The van der Waals surface area contributed by atoms with Gasteiger partial charge in [-0.25, -0.2) is 12.8 Å². The molecule has 0 fully saturated rings.